The van der Waals surface area contributed by atoms with Crippen molar-refractivity contribution < 1.29 is 19.0 Å². The molecule has 0 saturated carbocycles. The minimum atomic E-state index is -0.231. The quantitative estimate of drug-likeness (QED) is 0.602. The summed E-state index contributed by atoms with van der Waals surface area (Å²) in [5.74, 6) is 2.05. The van der Waals surface area contributed by atoms with Crippen molar-refractivity contribution in [3.8, 4) is 28.4 Å². The van der Waals surface area contributed by atoms with Crippen LogP contribution in [0.15, 0.2) is 36.4 Å². The van der Waals surface area contributed by atoms with Crippen LogP contribution in [0, 0.1) is 6.92 Å². The van der Waals surface area contributed by atoms with Crippen LogP contribution in [0.4, 0.5) is 5.82 Å². The highest BCUT2D eigenvalue weighted by Gasteiger charge is 2.18. The van der Waals surface area contributed by atoms with Gasteiger partial charge >= 0.3 is 0 Å². The van der Waals surface area contributed by atoms with E-state index in [9.17, 15) is 4.79 Å². The number of nitrogens with zero attached hydrogens (tertiary/aromatic N) is 1. The molecule has 29 heavy (non-hydrogen) atoms. The number of amides is 1. The van der Waals surface area contributed by atoms with Gasteiger partial charge in [0, 0.05) is 16.3 Å². The summed E-state index contributed by atoms with van der Waals surface area (Å²) in [5.41, 5.74) is 3.13. The van der Waals surface area contributed by atoms with Crippen LogP contribution in [0.5, 0.6) is 17.2 Å². The van der Waals surface area contributed by atoms with Gasteiger partial charge in [-0.05, 0) is 42.3 Å². The number of H-pyrrole nitrogens is 1. The SMILES string of the molecule is COc1ccc(CC(=O)Nc2n[nH]c(C)c2-c2ccc(OC)c(OC)c2)c(Cl)c1. The van der Waals surface area contributed by atoms with Crippen molar-refractivity contribution in [3.05, 3.63) is 52.7 Å². The molecule has 0 aliphatic rings. The lowest BCUT2D eigenvalue weighted by Gasteiger charge is -2.11. The molecule has 0 aliphatic carbocycles. The van der Waals surface area contributed by atoms with E-state index in [0.717, 1.165) is 16.8 Å². The van der Waals surface area contributed by atoms with Crippen LogP contribution < -0.4 is 19.5 Å². The van der Waals surface area contributed by atoms with Crippen LogP contribution in [-0.4, -0.2) is 37.4 Å². The van der Waals surface area contributed by atoms with Gasteiger partial charge < -0.3 is 19.5 Å². The van der Waals surface area contributed by atoms with Gasteiger partial charge in [0.2, 0.25) is 5.91 Å². The molecule has 0 unspecified atom stereocenters. The number of nitrogens with one attached hydrogen (secondary N) is 2. The van der Waals surface area contributed by atoms with Gasteiger partial charge in [0.1, 0.15) is 5.75 Å². The highest BCUT2D eigenvalue weighted by Crippen LogP contribution is 2.36. The summed E-state index contributed by atoms with van der Waals surface area (Å²) in [6.07, 6.45) is 0.111. The van der Waals surface area contributed by atoms with Crippen LogP contribution in [0.1, 0.15) is 11.3 Å². The Balaban J connectivity index is 1.84. The van der Waals surface area contributed by atoms with Gasteiger partial charge in [-0.25, -0.2) is 0 Å². The molecule has 1 heterocycles. The molecule has 0 aliphatic heterocycles. The van der Waals surface area contributed by atoms with Crippen LogP contribution in [0.25, 0.3) is 11.1 Å². The summed E-state index contributed by atoms with van der Waals surface area (Å²) in [6.45, 7) is 1.88. The third-order valence-electron chi connectivity index (χ3n) is 4.49. The van der Waals surface area contributed by atoms with E-state index in [1.54, 1.807) is 39.5 Å². The number of benzene rings is 2. The maximum atomic E-state index is 12.6. The Kier molecular flexibility index (Phi) is 6.29. The zero-order valence-corrected chi connectivity index (χ0v) is 17.4. The van der Waals surface area contributed by atoms with Gasteiger partial charge in [-0.2, -0.15) is 5.10 Å². The number of aromatic nitrogens is 2. The second-order valence-electron chi connectivity index (χ2n) is 6.32. The van der Waals surface area contributed by atoms with Crippen LogP contribution >= 0.6 is 11.6 Å². The topological polar surface area (TPSA) is 85.5 Å². The molecule has 7 nitrogen and oxygen atoms in total. The molecule has 0 saturated heterocycles. The molecule has 152 valence electrons. The summed E-state index contributed by atoms with van der Waals surface area (Å²) in [7, 11) is 4.72. The molecule has 0 fully saturated rings. The molecule has 0 atom stereocenters. The minimum absolute atomic E-state index is 0.111. The van der Waals surface area contributed by atoms with Crippen molar-refractivity contribution in [1.29, 1.82) is 0 Å². The van der Waals surface area contributed by atoms with E-state index in [1.807, 2.05) is 25.1 Å². The first-order chi connectivity index (χ1) is 14.0. The largest absolute Gasteiger partial charge is 0.497 e. The smallest absolute Gasteiger partial charge is 0.230 e. The molecule has 1 aromatic heterocycles. The Bertz CT molecular complexity index is 1030. The van der Waals surface area contributed by atoms with Crippen LogP contribution in [-0.2, 0) is 11.2 Å². The summed E-state index contributed by atoms with van der Waals surface area (Å²) >= 11 is 6.24. The summed E-state index contributed by atoms with van der Waals surface area (Å²) < 4.78 is 15.8. The van der Waals surface area contributed by atoms with Crippen LogP contribution in [0.3, 0.4) is 0 Å². The third-order valence-corrected chi connectivity index (χ3v) is 4.84. The van der Waals surface area contributed by atoms with E-state index >= 15 is 0 Å². The van der Waals surface area contributed by atoms with Gasteiger partial charge in [0.15, 0.2) is 17.3 Å². The number of hydrogen-bond donors (Lipinski definition) is 2. The lowest BCUT2D eigenvalue weighted by atomic mass is 10.0. The average molecular weight is 416 g/mol. The minimum Gasteiger partial charge on any atom is -0.497 e. The Labute approximate surface area is 173 Å². The number of methoxy groups -OCH3 is 3. The predicted molar refractivity (Wildman–Crippen MR) is 112 cm³/mol. The number of ether oxygens (including phenoxy) is 3. The fraction of sp³-hybridized carbons (Fsp3) is 0.238. The summed E-state index contributed by atoms with van der Waals surface area (Å²) in [5, 5.41) is 10.5. The Morgan fingerprint density at radius 1 is 1.07 bits per heavy atom. The fourth-order valence-corrected chi connectivity index (χ4v) is 3.25. The van der Waals surface area contributed by atoms with Gasteiger partial charge in [-0.3, -0.25) is 9.89 Å². The Morgan fingerprint density at radius 2 is 1.83 bits per heavy atom. The zero-order chi connectivity index (χ0) is 21.0. The molecule has 3 rings (SSSR count). The van der Waals surface area contributed by atoms with Gasteiger partial charge in [0.05, 0.1) is 27.8 Å². The van der Waals surface area contributed by atoms with Gasteiger partial charge in [-0.15, -0.1) is 0 Å². The molecule has 2 aromatic carbocycles. The van der Waals surface area contributed by atoms with E-state index < -0.39 is 0 Å². The van der Waals surface area contributed by atoms with Crippen molar-refractivity contribution in [1.82, 2.24) is 10.2 Å². The zero-order valence-electron chi connectivity index (χ0n) is 16.6. The van der Waals surface area contributed by atoms with Crippen molar-refractivity contribution in [3.63, 3.8) is 0 Å². The molecule has 3 aromatic rings. The van der Waals surface area contributed by atoms with Crippen molar-refractivity contribution in [2.45, 2.75) is 13.3 Å². The molecular formula is C21H22ClN3O4. The average Bonchev–Trinajstić information content (AvgIpc) is 3.08. The van der Waals surface area contributed by atoms with Gasteiger partial charge in [0.25, 0.3) is 0 Å². The number of anilines is 1. The highest BCUT2D eigenvalue weighted by atomic mass is 35.5. The molecular weight excluding hydrogens is 394 g/mol. The van der Waals surface area contributed by atoms with E-state index in [0.29, 0.717) is 33.7 Å². The summed E-state index contributed by atoms with van der Waals surface area (Å²) in [4.78, 5) is 12.6. The second kappa shape index (κ2) is 8.87. The molecule has 2 N–H and O–H groups in total. The predicted octanol–water partition coefficient (Wildman–Crippen LogP) is 4.25. The first-order valence-electron chi connectivity index (χ1n) is 8.86. The number of aryl methyl sites for hydroxylation is 1. The summed E-state index contributed by atoms with van der Waals surface area (Å²) in [6, 6.07) is 10.7. The third kappa shape index (κ3) is 4.46. The second-order valence-corrected chi connectivity index (χ2v) is 6.73. The molecule has 8 heteroatoms. The number of aromatic amines is 1. The number of halogens is 1. The lowest BCUT2D eigenvalue weighted by molar-refractivity contribution is -0.115. The Morgan fingerprint density at radius 3 is 2.48 bits per heavy atom. The number of hydrogen-bond acceptors (Lipinski definition) is 5. The molecule has 0 radical (unpaired) electrons. The normalized spacial score (nSPS) is 10.5. The van der Waals surface area contributed by atoms with Gasteiger partial charge in [-0.1, -0.05) is 23.7 Å². The number of rotatable bonds is 7. The maximum absolute atomic E-state index is 12.6. The standard InChI is InChI=1S/C21H22ClN3O4/c1-12-20(14-6-8-17(28-3)18(9-14)29-4)21(25-24-12)23-19(26)10-13-5-7-15(27-2)11-16(13)22/h5-9,11H,10H2,1-4H3,(H2,23,24,25,26). The molecule has 0 bridgehead atoms. The van der Waals surface area contributed by atoms with Crippen molar-refractivity contribution in [2.24, 2.45) is 0 Å². The van der Waals surface area contributed by atoms with Crippen molar-refractivity contribution >= 4 is 23.3 Å². The number of carbonyl (C=O) groups excluding carboxylic acids is 1. The maximum Gasteiger partial charge on any atom is 0.230 e. The van der Waals surface area contributed by atoms with E-state index in [-0.39, 0.29) is 12.3 Å². The molecule has 0 spiro atoms. The number of carbonyl (C=O) groups is 1. The Hall–Kier alpha value is -3.19. The van der Waals surface area contributed by atoms with E-state index in [2.05, 4.69) is 15.5 Å². The first-order valence-corrected chi connectivity index (χ1v) is 9.24. The first kappa shape index (κ1) is 20.5. The van der Waals surface area contributed by atoms with Crippen molar-refractivity contribution in [2.75, 3.05) is 26.6 Å². The van der Waals surface area contributed by atoms with E-state index in [1.165, 1.54) is 0 Å². The van der Waals surface area contributed by atoms with E-state index in [4.69, 9.17) is 25.8 Å². The molecule has 1 amide bonds. The lowest BCUT2D eigenvalue weighted by Crippen LogP contribution is -2.15. The monoisotopic (exact) mass is 415 g/mol. The highest BCUT2D eigenvalue weighted by molar-refractivity contribution is 6.31. The van der Waals surface area contributed by atoms with Crippen LogP contribution in [0.2, 0.25) is 5.02 Å². The fourth-order valence-electron chi connectivity index (χ4n) is 3.01.